The summed E-state index contributed by atoms with van der Waals surface area (Å²) in [6.07, 6.45) is 0. The second-order valence-corrected chi connectivity index (χ2v) is 7.18. The minimum absolute atomic E-state index is 0.102. The zero-order valence-corrected chi connectivity index (χ0v) is 17.2. The first-order valence-corrected chi connectivity index (χ1v) is 9.73. The van der Waals surface area contributed by atoms with Crippen molar-refractivity contribution in [2.75, 3.05) is 15.5 Å². The first kappa shape index (κ1) is 21.8. The smallest absolute Gasteiger partial charge is 0.282 e. The number of rotatable bonds is 5. The van der Waals surface area contributed by atoms with E-state index < -0.39 is 35.0 Å². The molecular formula is C24H16F3N3O3. The van der Waals surface area contributed by atoms with Crippen molar-refractivity contribution in [2.24, 2.45) is 0 Å². The standard InChI is InChI=1S/C24H16F3N3O3/c1-13(31)28-17-7-9-18(10-8-17)29-22-21(14-2-4-15(25)5-3-14)23(32)30(24(22)33)20-11-6-16(26)12-19(20)27/h2-12,29H,1H3,(H,28,31). The Balaban J connectivity index is 1.76. The van der Waals surface area contributed by atoms with E-state index in [4.69, 9.17) is 0 Å². The second kappa shape index (κ2) is 8.62. The summed E-state index contributed by atoms with van der Waals surface area (Å²) in [5.74, 6) is -4.47. The Morgan fingerprint density at radius 3 is 2.00 bits per heavy atom. The van der Waals surface area contributed by atoms with Crippen LogP contribution in [0.3, 0.4) is 0 Å². The summed E-state index contributed by atoms with van der Waals surface area (Å²) in [6.45, 7) is 1.36. The molecule has 6 nitrogen and oxygen atoms in total. The Bertz CT molecular complexity index is 1300. The summed E-state index contributed by atoms with van der Waals surface area (Å²) < 4.78 is 41.2. The van der Waals surface area contributed by atoms with Gasteiger partial charge in [-0.25, -0.2) is 18.1 Å². The van der Waals surface area contributed by atoms with Crippen LogP contribution in [-0.4, -0.2) is 17.7 Å². The number of amides is 3. The second-order valence-electron chi connectivity index (χ2n) is 7.18. The van der Waals surface area contributed by atoms with Crippen LogP contribution in [-0.2, 0) is 14.4 Å². The molecule has 0 spiro atoms. The molecular weight excluding hydrogens is 435 g/mol. The highest BCUT2D eigenvalue weighted by molar-refractivity contribution is 6.46. The molecule has 3 aromatic carbocycles. The third-order valence-corrected chi connectivity index (χ3v) is 4.84. The van der Waals surface area contributed by atoms with Crippen LogP contribution >= 0.6 is 0 Å². The maximum absolute atomic E-state index is 14.4. The monoisotopic (exact) mass is 451 g/mol. The molecule has 9 heteroatoms. The number of hydrogen-bond donors (Lipinski definition) is 2. The van der Waals surface area contributed by atoms with Crippen molar-refractivity contribution < 1.29 is 27.6 Å². The van der Waals surface area contributed by atoms with Gasteiger partial charge in [-0.3, -0.25) is 14.4 Å². The molecule has 166 valence electrons. The molecule has 0 atom stereocenters. The molecule has 1 aliphatic rings. The van der Waals surface area contributed by atoms with Crippen molar-refractivity contribution in [2.45, 2.75) is 6.92 Å². The average molecular weight is 451 g/mol. The molecule has 0 bridgehead atoms. The molecule has 3 amide bonds. The first-order chi connectivity index (χ1) is 15.7. The van der Waals surface area contributed by atoms with Gasteiger partial charge in [0.2, 0.25) is 5.91 Å². The van der Waals surface area contributed by atoms with Gasteiger partial charge in [-0.15, -0.1) is 0 Å². The predicted molar refractivity (Wildman–Crippen MR) is 117 cm³/mol. The summed E-state index contributed by atoms with van der Waals surface area (Å²) in [4.78, 5) is 38.2. The van der Waals surface area contributed by atoms with Gasteiger partial charge in [0, 0.05) is 24.4 Å². The fraction of sp³-hybridized carbons (Fsp3) is 0.0417. The summed E-state index contributed by atoms with van der Waals surface area (Å²) in [6, 6.07) is 13.7. The third kappa shape index (κ3) is 4.33. The highest BCUT2D eigenvalue weighted by atomic mass is 19.1. The van der Waals surface area contributed by atoms with Crippen LogP contribution in [0.25, 0.3) is 5.57 Å². The molecule has 3 aromatic rings. The van der Waals surface area contributed by atoms with Crippen LogP contribution in [0.15, 0.2) is 72.4 Å². The van der Waals surface area contributed by atoms with E-state index in [-0.39, 0.29) is 22.7 Å². The van der Waals surface area contributed by atoms with Crippen LogP contribution in [0, 0.1) is 17.5 Å². The van der Waals surface area contributed by atoms with Crippen LogP contribution in [0.4, 0.5) is 30.2 Å². The quantitative estimate of drug-likeness (QED) is 0.562. The highest BCUT2D eigenvalue weighted by Crippen LogP contribution is 2.35. The van der Waals surface area contributed by atoms with Crippen molar-refractivity contribution in [3.63, 3.8) is 0 Å². The lowest BCUT2D eigenvalue weighted by Crippen LogP contribution is -2.33. The van der Waals surface area contributed by atoms with Gasteiger partial charge < -0.3 is 10.6 Å². The summed E-state index contributed by atoms with van der Waals surface area (Å²) >= 11 is 0. The van der Waals surface area contributed by atoms with Gasteiger partial charge in [0.05, 0.1) is 11.3 Å². The van der Waals surface area contributed by atoms with Crippen molar-refractivity contribution in [1.82, 2.24) is 0 Å². The van der Waals surface area contributed by atoms with Gasteiger partial charge >= 0.3 is 0 Å². The van der Waals surface area contributed by atoms with Gasteiger partial charge in [-0.05, 0) is 54.1 Å². The van der Waals surface area contributed by atoms with Crippen molar-refractivity contribution in [3.05, 3.63) is 95.4 Å². The van der Waals surface area contributed by atoms with E-state index in [1.54, 1.807) is 24.3 Å². The summed E-state index contributed by atoms with van der Waals surface area (Å²) in [5, 5.41) is 5.46. The summed E-state index contributed by atoms with van der Waals surface area (Å²) in [5.41, 5.74) is 0.476. The minimum Gasteiger partial charge on any atom is -0.350 e. The topological polar surface area (TPSA) is 78.5 Å². The third-order valence-electron chi connectivity index (χ3n) is 4.84. The van der Waals surface area contributed by atoms with Crippen molar-refractivity contribution in [3.8, 4) is 0 Å². The van der Waals surface area contributed by atoms with Crippen LogP contribution in [0.1, 0.15) is 12.5 Å². The highest BCUT2D eigenvalue weighted by Gasteiger charge is 2.41. The minimum atomic E-state index is -1.09. The van der Waals surface area contributed by atoms with E-state index in [9.17, 15) is 27.6 Å². The molecule has 1 aliphatic heterocycles. The van der Waals surface area contributed by atoms with Gasteiger partial charge in [-0.2, -0.15) is 0 Å². The number of benzene rings is 3. The number of carbonyl (C=O) groups excluding carboxylic acids is 3. The number of anilines is 3. The molecule has 1 heterocycles. The predicted octanol–water partition coefficient (Wildman–Crippen LogP) is 4.46. The number of halogens is 3. The number of hydrogen-bond acceptors (Lipinski definition) is 4. The zero-order valence-electron chi connectivity index (χ0n) is 17.2. The van der Waals surface area contributed by atoms with E-state index in [1.807, 2.05) is 0 Å². The first-order valence-electron chi connectivity index (χ1n) is 9.73. The number of nitrogens with one attached hydrogen (secondary N) is 2. The number of nitrogens with zero attached hydrogens (tertiary/aromatic N) is 1. The maximum Gasteiger partial charge on any atom is 0.282 e. The SMILES string of the molecule is CC(=O)Nc1ccc(NC2=C(c3ccc(F)cc3)C(=O)N(c3ccc(F)cc3F)C2=O)cc1. The maximum atomic E-state index is 14.4. The molecule has 2 N–H and O–H groups in total. The Kier molecular flexibility index (Phi) is 5.70. The normalized spacial score (nSPS) is 13.5. The van der Waals surface area contributed by atoms with E-state index in [0.717, 1.165) is 24.3 Å². The van der Waals surface area contributed by atoms with E-state index in [1.165, 1.54) is 19.1 Å². The summed E-state index contributed by atoms with van der Waals surface area (Å²) in [7, 11) is 0. The van der Waals surface area contributed by atoms with Crippen LogP contribution in [0.2, 0.25) is 0 Å². The van der Waals surface area contributed by atoms with Gasteiger partial charge in [0.25, 0.3) is 11.8 Å². The lowest BCUT2D eigenvalue weighted by atomic mass is 10.0. The van der Waals surface area contributed by atoms with Gasteiger partial charge in [-0.1, -0.05) is 12.1 Å². The Labute approximate surface area is 186 Å². The Morgan fingerprint density at radius 1 is 0.788 bits per heavy atom. The molecule has 0 aromatic heterocycles. The van der Waals surface area contributed by atoms with E-state index >= 15 is 0 Å². The molecule has 0 unspecified atom stereocenters. The Morgan fingerprint density at radius 2 is 1.39 bits per heavy atom. The fourth-order valence-corrected chi connectivity index (χ4v) is 3.40. The fourth-order valence-electron chi connectivity index (χ4n) is 3.40. The van der Waals surface area contributed by atoms with Crippen LogP contribution < -0.4 is 15.5 Å². The average Bonchev–Trinajstić information content (AvgIpc) is 3.00. The van der Waals surface area contributed by atoms with Gasteiger partial charge in [0.15, 0.2) is 0 Å². The molecule has 0 aliphatic carbocycles. The number of imide groups is 1. The molecule has 33 heavy (non-hydrogen) atoms. The molecule has 0 saturated heterocycles. The molecule has 0 fully saturated rings. The lowest BCUT2D eigenvalue weighted by Gasteiger charge is -2.16. The van der Waals surface area contributed by atoms with Crippen molar-refractivity contribution >= 4 is 40.4 Å². The zero-order chi connectivity index (χ0) is 23.7. The molecule has 0 radical (unpaired) electrons. The molecule has 0 saturated carbocycles. The van der Waals surface area contributed by atoms with Gasteiger partial charge in [0.1, 0.15) is 23.1 Å². The van der Waals surface area contributed by atoms with E-state index in [0.29, 0.717) is 22.3 Å². The largest absolute Gasteiger partial charge is 0.350 e. The van der Waals surface area contributed by atoms with E-state index in [2.05, 4.69) is 10.6 Å². The van der Waals surface area contributed by atoms with Crippen LogP contribution in [0.5, 0.6) is 0 Å². The Hall–Kier alpha value is -4.40. The van der Waals surface area contributed by atoms with Crippen molar-refractivity contribution in [1.29, 1.82) is 0 Å². The molecule has 4 rings (SSSR count). The lowest BCUT2D eigenvalue weighted by molar-refractivity contribution is -0.120. The number of carbonyl (C=O) groups is 3.